The van der Waals surface area contributed by atoms with Crippen LogP contribution < -0.4 is 0 Å². The van der Waals surface area contributed by atoms with Crippen LogP contribution in [0.25, 0.3) is 21.9 Å². The Balaban J connectivity index is 0.00000147. The summed E-state index contributed by atoms with van der Waals surface area (Å²) in [5, 5.41) is 11.3. The van der Waals surface area contributed by atoms with Gasteiger partial charge in [0.25, 0.3) is 0 Å². The normalized spacial score (nSPS) is 10.0. The van der Waals surface area contributed by atoms with Crippen LogP contribution in [0.5, 0.6) is 5.75 Å². The quantitative estimate of drug-likeness (QED) is 0.711. The van der Waals surface area contributed by atoms with Gasteiger partial charge < -0.3 is 5.11 Å². The van der Waals surface area contributed by atoms with Crippen LogP contribution in [-0.2, 0) is 0 Å². The van der Waals surface area contributed by atoms with Crippen molar-refractivity contribution in [2.75, 3.05) is 0 Å². The minimum absolute atomic E-state index is 0. The first-order chi connectivity index (χ1) is 9.29. The molecule has 3 heteroatoms. The molecule has 0 spiro atoms. The average Bonchev–Trinajstić information content (AvgIpc) is 2.47. The number of carbonyl (C=O) groups is 1. The van der Waals surface area contributed by atoms with Crippen LogP contribution in [0, 0.1) is 0 Å². The molecule has 0 unspecified atom stereocenters. The first-order valence-corrected chi connectivity index (χ1v) is 5.91. The fraction of sp³-hybridized carbons (Fsp3) is 0.0588. The summed E-state index contributed by atoms with van der Waals surface area (Å²) in [4.78, 5) is 15.1. The molecular weight excluding hydrogens is 250 g/mol. The Morgan fingerprint density at radius 2 is 1.90 bits per heavy atom. The van der Waals surface area contributed by atoms with E-state index in [0.29, 0.717) is 11.8 Å². The standard InChI is InChI=1S/C16H11NO2.CH4/c18-10-15-14-5-3-11(13-2-1-7-17-9-13)8-12(14)4-6-16(15)19;/h1-10,19H;1H4. The van der Waals surface area contributed by atoms with Crippen molar-refractivity contribution >= 4 is 17.1 Å². The minimum atomic E-state index is 0. The van der Waals surface area contributed by atoms with Gasteiger partial charge in [0.2, 0.25) is 0 Å². The highest BCUT2D eigenvalue weighted by molar-refractivity contribution is 6.02. The minimum Gasteiger partial charge on any atom is -0.507 e. The molecule has 0 saturated carbocycles. The van der Waals surface area contributed by atoms with Crippen molar-refractivity contribution in [1.82, 2.24) is 4.98 Å². The number of fused-ring (bicyclic) bond motifs is 1. The molecule has 3 rings (SSSR count). The Bertz CT molecular complexity index is 752. The maximum atomic E-state index is 11.0. The molecule has 0 atom stereocenters. The molecule has 3 aromatic rings. The van der Waals surface area contributed by atoms with Crippen molar-refractivity contribution in [3.63, 3.8) is 0 Å². The lowest BCUT2D eigenvalue weighted by Crippen LogP contribution is -1.86. The van der Waals surface area contributed by atoms with Gasteiger partial charge in [-0.1, -0.05) is 31.7 Å². The summed E-state index contributed by atoms with van der Waals surface area (Å²) >= 11 is 0. The van der Waals surface area contributed by atoms with Gasteiger partial charge in [-0.2, -0.15) is 0 Å². The lowest BCUT2D eigenvalue weighted by atomic mass is 9.99. The molecular formula is C17H15NO2. The molecule has 0 aliphatic heterocycles. The summed E-state index contributed by atoms with van der Waals surface area (Å²) in [6.07, 6.45) is 4.21. The second-order valence-corrected chi connectivity index (χ2v) is 4.29. The van der Waals surface area contributed by atoms with Crippen LogP contribution >= 0.6 is 0 Å². The SMILES string of the molecule is C.O=Cc1c(O)ccc2cc(-c3cccnc3)ccc12. The number of rotatable bonds is 2. The van der Waals surface area contributed by atoms with Crippen molar-refractivity contribution in [2.45, 2.75) is 7.43 Å². The number of carbonyl (C=O) groups excluding carboxylic acids is 1. The van der Waals surface area contributed by atoms with Crippen LogP contribution in [0.4, 0.5) is 0 Å². The zero-order chi connectivity index (χ0) is 13.2. The zero-order valence-electron chi connectivity index (χ0n) is 10.1. The smallest absolute Gasteiger partial charge is 0.154 e. The fourth-order valence-corrected chi connectivity index (χ4v) is 2.18. The van der Waals surface area contributed by atoms with Gasteiger partial charge in [0.1, 0.15) is 5.75 Å². The van der Waals surface area contributed by atoms with E-state index >= 15 is 0 Å². The summed E-state index contributed by atoms with van der Waals surface area (Å²) in [6, 6.07) is 13.0. The number of aromatic hydroxyl groups is 1. The molecule has 100 valence electrons. The van der Waals surface area contributed by atoms with Gasteiger partial charge >= 0.3 is 0 Å². The third-order valence-corrected chi connectivity index (χ3v) is 3.15. The Labute approximate surface area is 117 Å². The number of benzene rings is 2. The average molecular weight is 265 g/mol. The van der Waals surface area contributed by atoms with E-state index < -0.39 is 0 Å². The molecule has 0 radical (unpaired) electrons. The van der Waals surface area contributed by atoms with Crippen LogP contribution in [0.15, 0.2) is 54.9 Å². The molecule has 3 nitrogen and oxygen atoms in total. The Kier molecular flexibility index (Phi) is 3.80. The zero-order valence-corrected chi connectivity index (χ0v) is 10.1. The molecule has 0 saturated heterocycles. The first-order valence-electron chi connectivity index (χ1n) is 5.91. The van der Waals surface area contributed by atoms with Gasteiger partial charge in [0.15, 0.2) is 6.29 Å². The monoisotopic (exact) mass is 265 g/mol. The number of hydrogen-bond donors (Lipinski definition) is 1. The van der Waals surface area contributed by atoms with Gasteiger partial charge in [-0.3, -0.25) is 9.78 Å². The second-order valence-electron chi connectivity index (χ2n) is 4.29. The van der Waals surface area contributed by atoms with E-state index in [1.54, 1.807) is 24.5 Å². The van der Waals surface area contributed by atoms with Crippen LogP contribution in [0.2, 0.25) is 0 Å². The lowest BCUT2D eigenvalue weighted by molar-refractivity contribution is 0.112. The highest BCUT2D eigenvalue weighted by atomic mass is 16.3. The first kappa shape index (κ1) is 13.7. The molecule has 2 aromatic carbocycles. The maximum Gasteiger partial charge on any atom is 0.154 e. The predicted octanol–water partition coefficient (Wildman–Crippen LogP) is 4.06. The van der Waals surface area contributed by atoms with Crippen LogP contribution in [-0.4, -0.2) is 16.4 Å². The molecule has 0 aliphatic rings. The summed E-state index contributed by atoms with van der Waals surface area (Å²) in [5.74, 6) is 0.0108. The third-order valence-electron chi connectivity index (χ3n) is 3.15. The topological polar surface area (TPSA) is 50.2 Å². The molecule has 0 bridgehead atoms. The number of nitrogens with zero attached hydrogens (tertiary/aromatic N) is 1. The highest BCUT2D eigenvalue weighted by Crippen LogP contribution is 2.29. The van der Waals surface area contributed by atoms with E-state index in [0.717, 1.165) is 21.9 Å². The third kappa shape index (κ3) is 2.26. The molecule has 0 fully saturated rings. The van der Waals surface area contributed by atoms with E-state index in [1.165, 1.54) is 0 Å². The lowest BCUT2D eigenvalue weighted by Gasteiger charge is -2.06. The van der Waals surface area contributed by atoms with Crippen LogP contribution in [0.3, 0.4) is 0 Å². The van der Waals surface area contributed by atoms with E-state index in [-0.39, 0.29) is 13.2 Å². The van der Waals surface area contributed by atoms with E-state index in [1.807, 2.05) is 30.3 Å². The molecule has 1 heterocycles. The van der Waals surface area contributed by atoms with E-state index in [9.17, 15) is 9.90 Å². The largest absolute Gasteiger partial charge is 0.507 e. The molecule has 20 heavy (non-hydrogen) atoms. The van der Waals surface area contributed by atoms with Crippen molar-refractivity contribution in [1.29, 1.82) is 0 Å². The van der Waals surface area contributed by atoms with Gasteiger partial charge in [-0.15, -0.1) is 0 Å². The summed E-state index contributed by atoms with van der Waals surface area (Å²) in [6.45, 7) is 0. The Hall–Kier alpha value is -2.68. The number of phenolic OH excluding ortho intramolecular Hbond substituents is 1. The van der Waals surface area contributed by atoms with Gasteiger partial charge in [-0.25, -0.2) is 0 Å². The molecule has 1 aromatic heterocycles. The summed E-state index contributed by atoms with van der Waals surface area (Å²) < 4.78 is 0. The molecule has 0 amide bonds. The van der Waals surface area contributed by atoms with E-state index in [4.69, 9.17) is 0 Å². The fourth-order valence-electron chi connectivity index (χ4n) is 2.18. The Morgan fingerprint density at radius 1 is 1.05 bits per heavy atom. The van der Waals surface area contributed by atoms with Crippen molar-refractivity contribution in [3.8, 4) is 16.9 Å². The van der Waals surface area contributed by atoms with Crippen molar-refractivity contribution in [2.24, 2.45) is 0 Å². The number of pyridine rings is 1. The second kappa shape index (κ2) is 5.53. The van der Waals surface area contributed by atoms with Gasteiger partial charge in [0, 0.05) is 18.0 Å². The number of phenols is 1. The van der Waals surface area contributed by atoms with Crippen LogP contribution in [0.1, 0.15) is 17.8 Å². The number of aldehydes is 1. The van der Waals surface area contributed by atoms with Gasteiger partial charge in [-0.05, 0) is 34.5 Å². The maximum absolute atomic E-state index is 11.0. The van der Waals surface area contributed by atoms with Crippen molar-refractivity contribution < 1.29 is 9.90 Å². The Morgan fingerprint density at radius 3 is 2.60 bits per heavy atom. The highest BCUT2D eigenvalue weighted by Gasteiger charge is 2.07. The predicted molar refractivity (Wildman–Crippen MR) is 81.0 cm³/mol. The molecule has 1 N–H and O–H groups in total. The van der Waals surface area contributed by atoms with Gasteiger partial charge in [0.05, 0.1) is 5.56 Å². The molecule has 0 aliphatic carbocycles. The summed E-state index contributed by atoms with van der Waals surface area (Å²) in [7, 11) is 0. The summed E-state index contributed by atoms with van der Waals surface area (Å²) in [5.41, 5.74) is 2.38. The van der Waals surface area contributed by atoms with E-state index in [2.05, 4.69) is 4.98 Å². The van der Waals surface area contributed by atoms with Crippen molar-refractivity contribution in [3.05, 3.63) is 60.4 Å². The number of hydrogen-bond acceptors (Lipinski definition) is 3. The number of aromatic nitrogens is 1.